The molecule has 0 aliphatic carbocycles. The highest BCUT2D eigenvalue weighted by molar-refractivity contribution is 5.90. The van der Waals surface area contributed by atoms with Gasteiger partial charge in [-0.15, -0.1) is 0 Å². The van der Waals surface area contributed by atoms with Crippen LogP contribution in [0.1, 0.15) is 44.7 Å². The van der Waals surface area contributed by atoms with Crippen molar-refractivity contribution in [1.82, 2.24) is 5.32 Å². The van der Waals surface area contributed by atoms with E-state index in [-0.39, 0.29) is 18.7 Å². The zero-order chi connectivity index (χ0) is 16.5. The molecule has 0 aromatic heterocycles. The summed E-state index contributed by atoms with van der Waals surface area (Å²) in [6, 6.07) is 5.44. The zero-order valence-electron chi connectivity index (χ0n) is 14.0. The zero-order valence-corrected chi connectivity index (χ0v) is 14.0. The van der Waals surface area contributed by atoms with Gasteiger partial charge in [-0.2, -0.15) is 0 Å². The van der Waals surface area contributed by atoms with Gasteiger partial charge in [0, 0.05) is 12.2 Å². The minimum Gasteiger partial charge on any atom is -0.391 e. The monoisotopic (exact) mass is 308 g/mol. The molecule has 3 N–H and O–H groups in total. The Morgan fingerprint density at radius 3 is 2.73 bits per heavy atom. The summed E-state index contributed by atoms with van der Waals surface area (Å²) < 4.78 is 5.61. The lowest BCUT2D eigenvalue weighted by molar-refractivity contribution is 0.0654. The van der Waals surface area contributed by atoms with Crippen LogP contribution in [0.2, 0.25) is 0 Å². The van der Waals surface area contributed by atoms with Crippen LogP contribution in [0.3, 0.4) is 0 Å². The molecule has 0 heterocycles. The molecule has 0 radical (unpaired) electrons. The number of aliphatic hydroxyl groups excluding tert-OH is 1. The van der Waals surface area contributed by atoms with Gasteiger partial charge in [-0.1, -0.05) is 25.5 Å². The molecule has 1 atom stereocenters. The molecule has 0 spiro atoms. The lowest BCUT2D eigenvalue weighted by atomic mass is 10.1. The number of amides is 2. The van der Waals surface area contributed by atoms with Gasteiger partial charge < -0.3 is 20.5 Å². The van der Waals surface area contributed by atoms with Crippen molar-refractivity contribution >= 4 is 11.7 Å². The van der Waals surface area contributed by atoms with E-state index < -0.39 is 6.10 Å². The lowest BCUT2D eigenvalue weighted by Crippen LogP contribution is -2.35. The number of nitrogens with one attached hydrogen (secondary N) is 2. The molecule has 1 aromatic carbocycles. The molecule has 1 unspecified atom stereocenters. The summed E-state index contributed by atoms with van der Waals surface area (Å²) in [4.78, 5) is 11.9. The number of carbonyl (C=O) groups excluding carboxylic acids is 1. The second-order valence-electron chi connectivity index (χ2n) is 5.73. The first-order valence-corrected chi connectivity index (χ1v) is 7.87. The van der Waals surface area contributed by atoms with E-state index >= 15 is 0 Å². The van der Waals surface area contributed by atoms with Gasteiger partial charge in [0.2, 0.25) is 0 Å². The Bertz CT molecular complexity index is 475. The highest BCUT2D eigenvalue weighted by Crippen LogP contribution is 2.20. The second-order valence-corrected chi connectivity index (χ2v) is 5.73. The summed E-state index contributed by atoms with van der Waals surface area (Å²) in [5, 5.41) is 15.1. The SMILES string of the molecule is CCCC(O)CNC(=O)Nc1cccc(COC(C)C)c1C. The van der Waals surface area contributed by atoms with E-state index in [2.05, 4.69) is 10.6 Å². The van der Waals surface area contributed by atoms with Gasteiger partial charge in [0.1, 0.15) is 0 Å². The van der Waals surface area contributed by atoms with Crippen molar-refractivity contribution in [2.75, 3.05) is 11.9 Å². The molecule has 0 aliphatic heterocycles. The second kappa shape index (κ2) is 9.43. The number of benzene rings is 1. The first kappa shape index (κ1) is 18.5. The Kier molecular flexibility index (Phi) is 7.91. The van der Waals surface area contributed by atoms with Crippen molar-refractivity contribution in [3.8, 4) is 0 Å². The van der Waals surface area contributed by atoms with Crippen molar-refractivity contribution < 1.29 is 14.6 Å². The maximum absolute atomic E-state index is 11.9. The van der Waals surface area contributed by atoms with Gasteiger partial charge in [0.05, 0.1) is 18.8 Å². The molecular formula is C17H28N2O3. The average Bonchev–Trinajstić information content (AvgIpc) is 2.46. The summed E-state index contributed by atoms with van der Waals surface area (Å²) in [5.74, 6) is 0. The molecule has 5 heteroatoms. The third-order valence-electron chi connectivity index (χ3n) is 3.39. The van der Waals surface area contributed by atoms with Crippen molar-refractivity contribution in [3.05, 3.63) is 29.3 Å². The Morgan fingerprint density at radius 1 is 1.36 bits per heavy atom. The summed E-state index contributed by atoms with van der Waals surface area (Å²) >= 11 is 0. The van der Waals surface area contributed by atoms with Gasteiger partial charge in [0.15, 0.2) is 0 Å². The molecule has 22 heavy (non-hydrogen) atoms. The molecule has 0 saturated carbocycles. The summed E-state index contributed by atoms with van der Waals surface area (Å²) in [7, 11) is 0. The van der Waals surface area contributed by atoms with E-state index in [9.17, 15) is 9.90 Å². The predicted octanol–water partition coefficient (Wildman–Crippen LogP) is 3.20. The third-order valence-corrected chi connectivity index (χ3v) is 3.39. The highest BCUT2D eigenvalue weighted by Gasteiger charge is 2.09. The van der Waals surface area contributed by atoms with Crippen molar-refractivity contribution in [3.63, 3.8) is 0 Å². The maximum Gasteiger partial charge on any atom is 0.319 e. The fraction of sp³-hybridized carbons (Fsp3) is 0.588. The van der Waals surface area contributed by atoms with E-state index in [0.717, 1.165) is 23.2 Å². The molecule has 0 fully saturated rings. The van der Waals surface area contributed by atoms with Crippen LogP contribution < -0.4 is 10.6 Å². The van der Waals surface area contributed by atoms with Crippen LogP contribution in [0.15, 0.2) is 18.2 Å². The van der Waals surface area contributed by atoms with Crippen LogP contribution in [-0.4, -0.2) is 29.9 Å². The van der Waals surface area contributed by atoms with Crippen LogP contribution in [-0.2, 0) is 11.3 Å². The topological polar surface area (TPSA) is 70.6 Å². The number of carbonyl (C=O) groups is 1. The Hall–Kier alpha value is -1.59. The number of hydrogen-bond acceptors (Lipinski definition) is 3. The number of aliphatic hydroxyl groups is 1. The maximum atomic E-state index is 11.9. The van der Waals surface area contributed by atoms with Crippen molar-refractivity contribution in [1.29, 1.82) is 0 Å². The molecular weight excluding hydrogens is 280 g/mol. The number of ether oxygens (including phenoxy) is 1. The van der Waals surface area contributed by atoms with Gasteiger partial charge in [-0.25, -0.2) is 4.79 Å². The van der Waals surface area contributed by atoms with Gasteiger partial charge in [-0.3, -0.25) is 0 Å². The fourth-order valence-corrected chi connectivity index (χ4v) is 2.04. The van der Waals surface area contributed by atoms with Crippen LogP contribution in [0, 0.1) is 6.92 Å². The molecule has 1 rings (SSSR count). The molecule has 2 amide bonds. The van der Waals surface area contributed by atoms with E-state index in [4.69, 9.17) is 4.74 Å². The van der Waals surface area contributed by atoms with Crippen LogP contribution in [0.4, 0.5) is 10.5 Å². The van der Waals surface area contributed by atoms with Gasteiger partial charge in [0.25, 0.3) is 0 Å². The number of hydrogen-bond donors (Lipinski definition) is 3. The molecule has 0 aliphatic rings. The van der Waals surface area contributed by atoms with Crippen LogP contribution in [0.25, 0.3) is 0 Å². The first-order chi connectivity index (χ1) is 10.4. The van der Waals surface area contributed by atoms with Crippen molar-refractivity contribution in [2.45, 2.75) is 59.4 Å². The lowest BCUT2D eigenvalue weighted by Gasteiger charge is -2.15. The van der Waals surface area contributed by atoms with Crippen molar-refractivity contribution in [2.24, 2.45) is 0 Å². The quantitative estimate of drug-likeness (QED) is 0.690. The standard InChI is InChI=1S/C17H28N2O3/c1-5-7-15(20)10-18-17(21)19-16-9-6-8-14(13(16)4)11-22-12(2)3/h6,8-9,12,15,20H,5,7,10-11H2,1-4H3,(H2,18,19,21). The number of rotatable bonds is 8. The van der Waals surface area contributed by atoms with E-state index in [1.807, 2.05) is 45.9 Å². The predicted molar refractivity (Wildman–Crippen MR) is 89.0 cm³/mol. The largest absolute Gasteiger partial charge is 0.391 e. The summed E-state index contributed by atoms with van der Waals surface area (Å²) in [6.07, 6.45) is 1.24. The van der Waals surface area contributed by atoms with E-state index in [0.29, 0.717) is 13.0 Å². The van der Waals surface area contributed by atoms with Gasteiger partial charge in [-0.05, 0) is 44.4 Å². The minimum absolute atomic E-state index is 0.166. The minimum atomic E-state index is -0.498. The van der Waals surface area contributed by atoms with Crippen LogP contribution >= 0.6 is 0 Å². The summed E-state index contributed by atoms with van der Waals surface area (Å²) in [6.45, 7) is 8.72. The Labute approximate surface area is 133 Å². The van der Waals surface area contributed by atoms with Crippen LogP contribution in [0.5, 0.6) is 0 Å². The first-order valence-electron chi connectivity index (χ1n) is 7.87. The number of anilines is 1. The molecule has 124 valence electrons. The van der Waals surface area contributed by atoms with E-state index in [1.54, 1.807) is 0 Å². The Morgan fingerprint density at radius 2 is 2.09 bits per heavy atom. The summed E-state index contributed by atoms with van der Waals surface area (Å²) in [5.41, 5.74) is 2.80. The smallest absolute Gasteiger partial charge is 0.319 e. The normalized spacial score (nSPS) is 12.3. The molecule has 5 nitrogen and oxygen atoms in total. The number of urea groups is 1. The van der Waals surface area contributed by atoms with Gasteiger partial charge >= 0.3 is 6.03 Å². The molecule has 1 aromatic rings. The van der Waals surface area contributed by atoms with E-state index in [1.165, 1.54) is 0 Å². The fourth-order valence-electron chi connectivity index (χ4n) is 2.04. The average molecular weight is 308 g/mol. The highest BCUT2D eigenvalue weighted by atomic mass is 16.5. The third kappa shape index (κ3) is 6.45. The molecule has 0 bridgehead atoms. The Balaban J connectivity index is 2.57. The molecule has 0 saturated heterocycles.